The van der Waals surface area contributed by atoms with Crippen molar-refractivity contribution in [3.8, 4) is 5.75 Å². The number of nitrogens with zero attached hydrogens (tertiary/aromatic N) is 2. The van der Waals surface area contributed by atoms with Gasteiger partial charge in [0.1, 0.15) is 11.6 Å². The highest BCUT2D eigenvalue weighted by atomic mass is 19.1. The van der Waals surface area contributed by atoms with Gasteiger partial charge in [-0.3, -0.25) is 14.2 Å². The minimum Gasteiger partial charge on any atom is -0.501 e. The molecule has 0 spiro atoms. The number of aromatic nitrogens is 2. The van der Waals surface area contributed by atoms with E-state index in [0.717, 1.165) is 18.4 Å². The number of halogens is 1. The van der Waals surface area contributed by atoms with Gasteiger partial charge in [0.05, 0.1) is 12.7 Å². The summed E-state index contributed by atoms with van der Waals surface area (Å²) in [6, 6.07) is 15.6. The van der Waals surface area contributed by atoms with Crippen molar-refractivity contribution in [2.45, 2.75) is 44.4 Å². The predicted molar refractivity (Wildman–Crippen MR) is 120 cm³/mol. The Morgan fingerprint density at radius 3 is 2.61 bits per heavy atom. The third kappa shape index (κ3) is 5.28. The normalized spacial score (nSPS) is 17.8. The summed E-state index contributed by atoms with van der Waals surface area (Å²) in [5, 5.41) is 12.9. The summed E-state index contributed by atoms with van der Waals surface area (Å²) in [6.07, 6.45) is 2.28. The molecule has 0 unspecified atom stereocenters. The highest BCUT2D eigenvalue weighted by molar-refractivity contribution is 5.94. The second-order valence-electron chi connectivity index (χ2n) is 8.27. The number of amides is 1. The summed E-state index contributed by atoms with van der Waals surface area (Å²) in [5.74, 6) is -1.33. The Labute approximate surface area is 190 Å². The van der Waals surface area contributed by atoms with Gasteiger partial charge in [-0.2, -0.15) is 0 Å². The lowest BCUT2D eigenvalue weighted by Gasteiger charge is -2.17. The fraction of sp³-hybridized carbons (Fsp3) is 0.320. The van der Waals surface area contributed by atoms with Crippen LogP contribution in [0.4, 0.5) is 4.39 Å². The monoisotopic (exact) mass is 451 g/mol. The van der Waals surface area contributed by atoms with Gasteiger partial charge in [0.15, 0.2) is 5.69 Å². The zero-order valence-corrected chi connectivity index (χ0v) is 18.3. The first-order valence-corrected chi connectivity index (χ1v) is 10.9. The number of hydrogen-bond acceptors (Lipinski definition) is 5. The highest BCUT2D eigenvalue weighted by Gasteiger charge is 2.31. The van der Waals surface area contributed by atoms with Crippen molar-refractivity contribution in [2.24, 2.45) is 7.05 Å². The van der Waals surface area contributed by atoms with E-state index in [1.54, 1.807) is 19.2 Å². The third-order valence-electron chi connectivity index (χ3n) is 5.96. The number of aromatic hydroxyl groups is 1. The first kappa shape index (κ1) is 22.7. The predicted octanol–water partition coefficient (Wildman–Crippen LogP) is 3.41. The number of benzene rings is 2. The Kier molecular flexibility index (Phi) is 6.84. The Morgan fingerprint density at radius 2 is 1.88 bits per heavy atom. The van der Waals surface area contributed by atoms with Gasteiger partial charge in [-0.05, 0) is 42.5 Å². The smallest absolute Gasteiger partial charge is 0.296 e. The lowest BCUT2D eigenvalue weighted by Crippen LogP contribution is -2.31. The molecule has 2 atom stereocenters. The number of carbonyl (C=O) groups excluding carboxylic acids is 1. The molecule has 0 radical (unpaired) electrons. The molecule has 1 aliphatic rings. The summed E-state index contributed by atoms with van der Waals surface area (Å²) in [4.78, 5) is 29.7. The van der Waals surface area contributed by atoms with Gasteiger partial charge >= 0.3 is 0 Å². The molecule has 1 heterocycles. The van der Waals surface area contributed by atoms with Crippen LogP contribution < -0.4 is 10.9 Å². The average Bonchev–Trinajstić information content (AvgIpc) is 3.30. The number of rotatable bonds is 7. The van der Waals surface area contributed by atoms with Gasteiger partial charge in [-0.25, -0.2) is 9.37 Å². The van der Waals surface area contributed by atoms with Crippen molar-refractivity contribution in [3.63, 3.8) is 0 Å². The molecule has 33 heavy (non-hydrogen) atoms. The summed E-state index contributed by atoms with van der Waals surface area (Å²) in [5.41, 5.74) is 0.808. The number of carbonyl (C=O) groups is 1. The molecule has 1 saturated carbocycles. The number of hydrogen-bond donors (Lipinski definition) is 2. The van der Waals surface area contributed by atoms with Crippen molar-refractivity contribution in [1.82, 2.24) is 14.9 Å². The van der Waals surface area contributed by atoms with Gasteiger partial charge in [-0.15, -0.1) is 0 Å². The molecule has 4 rings (SSSR count). The highest BCUT2D eigenvalue weighted by Crippen LogP contribution is 2.35. The fourth-order valence-corrected chi connectivity index (χ4v) is 4.11. The zero-order chi connectivity index (χ0) is 23.4. The van der Waals surface area contributed by atoms with Crippen LogP contribution in [0.1, 0.15) is 52.6 Å². The molecule has 1 fully saturated rings. The third-order valence-corrected chi connectivity index (χ3v) is 5.96. The van der Waals surface area contributed by atoms with Gasteiger partial charge in [0.25, 0.3) is 11.5 Å². The second-order valence-corrected chi connectivity index (χ2v) is 8.27. The van der Waals surface area contributed by atoms with E-state index >= 15 is 0 Å². The lowest BCUT2D eigenvalue weighted by atomic mass is 10.1. The topological polar surface area (TPSA) is 93.5 Å². The Balaban J connectivity index is 1.45. The number of ether oxygens (including phenoxy) is 1. The van der Waals surface area contributed by atoms with Gasteiger partial charge in [0.2, 0.25) is 5.75 Å². The van der Waals surface area contributed by atoms with Crippen molar-refractivity contribution in [3.05, 3.63) is 93.4 Å². The van der Waals surface area contributed by atoms with E-state index in [0.29, 0.717) is 24.4 Å². The quantitative estimate of drug-likeness (QED) is 0.574. The molecule has 1 aromatic heterocycles. The number of nitrogens with one attached hydrogen (secondary N) is 1. The summed E-state index contributed by atoms with van der Waals surface area (Å²) in [7, 11) is 1.54. The van der Waals surface area contributed by atoms with Crippen LogP contribution in [-0.4, -0.2) is 26.7 Å². The fourth-order valence-electron chi connectivity index (χ4n) is 4.11. The standard InChI is InChI=1S/C25H26FN3O4/c1-29-23(18-9-12-20(13-18)33-15-17-5-3-2-4-6-17)28-21(22(30)25(29)32)24(31)27-14-16-7-10-19(26)11-8-16/h2-8,10-11,18,20,30H,9,12-15H2,1H3,(H,27,31)/t18-,20-/m0/s1. The summed E-state index contributed by atoms with van der Waals surface area (Å²) < 4.78 is 20.4. The van der Waals surface area contributed by atoms with Crippen molar-refractivity contribution in [2.75, 3.05) is 0 Å². The van der Waals surface area contributed by atoms with Crippen LogP contribution in [0, 0.1) is 5.82 Å². The Hall–Kier alpha value is -3.52. The van der Waals surface area contributed by atoms with Crippen LogP contribution in [0.5, 0.6) is 5.75 Å². The molecule has 1 amide bonds. The van der Waals surface area contributed by atoms with Gasteiger partial charge in [0, 0.05) is 19.5 Å². The molecule has 2 aromatic carbocycles. The van der Waals surface area contributed by atoms with E-state index in [1.165, 1.54) is 16.7 Å². The van der Waals surface area contributed by atoms with E-state index in [-0.39, 0.29) is 30.1 Å². The van der Waals surface area contributed by atoms with Crippen LogP contribution in [0.25, 0.3) is 0 Å². The largest absolute Gasteiger partial charge is 0.501 e. The van der Waals surface area contributed by atoms with Crippen LogP contribution in [0.3, 0.4) is 0 Å². The minimum absolute atomic E-state index is 0.0247. The zero-order valence-electron chi connectivity index (χ0n) is 18.3. The van der Waals surface area contributed by atoms with Crippen molar-refractivity contribution >= 4 is 5.91 Å². The van der Waals surface area contributed by atoms with E-state index in [1.807, 2.05) is 30.3 Å². The van der Waals surface area contributed by atoms with Crippen molar-refractivity contribution in [1.29, 1.82) is 0 Å². The second kappa shape index (κ2) is 9.95. The maximum atomic E-state index is 13.1. The molecule has 0 aliphatic heterocycles. The van der Waals surface area contributed by atoms with Gasteiger partial charge < -0.3 is 15.2 Å². The molecule has 0 bridgehead atoms. The van der Waals surface area contributed by atoms with E-state index in [9.17, 15) is 19.1 Å². The molecule has 3 aromatic rings. The maximum Gasteiger partial charge on any atom is 0.296 e. The van der Waals surface area contributed by atoms with Crippen LogP contribution in [0.2, 0.25) is 0 Å². The van der Waals surface area contributed by atoms with Gasteiger partial charge in [-0.1, -0.05) is 42.5 Å². The Morgan fingerprint density at radius 1 is 1.15 bits per heavy atom. The minimum atomic E-state index is -0.687. The van der Waals surface area contributed by atoms with Crippen LogP contribution in [-0.2, 0) is 24.9 Å². The van der Waals surface area contributed by atoms with E-state index in [2.05, 4.69) is 10.3 Å². The molecular formula is C25H26FN3O4. The molecule has 0 saturated heterocycles. The average molecular weight is 451 g/mol. The van der Waals surface area contributed by atoms with Crippen LogP contribution >= 0.6 is 0 Å². The first-order valence-electron chi connectivity index (χ1n) is 10.9. The molecule has 2 N–H and O–H groups in total. The maximum absolute atomic E-state index is 13.1. The van der Waals surface area contributed by atoms with E-state index < -0.39 is 17.2 Å². The lowest BCUT2D eigenvalue weighted by molar-refractivity contribution is 0.0445. The van der Waals surface area contributed by atoms with Crippen molar-refractivity contribution < 1.29 is 19.0 Å². The molecular weight excluding hydrogens is 425 g/mol. The molecule has 172 valence electrons. The first-order chi connectivity index (χ1) is 15.9. The molecule has 7 nitrogen and oxygen atoms in total. The van der Waals surface area contributed by atoms with E-state index in [4.69, 9.17) is 4.74 Å². The summed E-state index contributed by atoms with van der Waals surface area (Å²) in [6.45, 7) is 0.626. The Bertz CT molecular complexity index is 1180. The molecule has 1 aliphatic carbocycles. The molecule has 8 heteroatoms. The SMILES string of the molecule is Cn1c([C@H]2CC[C@H](OCc3ccccc3)C2)nc(C(=O)NCc2ccc(F)cc2)c(O)c1=O. The summed E-state index contributed by atoms with van der Waals surface area (Å²) >= 11 is 0. The van der Waals surface area contributed by atoms with Crippen LogP contribution in [0.15, 0.2) is 59.4 Å².